The van der Waals surface area contributed by atoms with E-state index in [4.69, 9.17) is 0 Å². The number of amides is 2. The molecule has 0 aliphatic carbocycles. The highest BCUT2D eigenvalue weighted by Gasteiger charge is 2.22. The van der Waals surface area contributed by atoms with Gasteiger partial charge >= 0.3 is 0 Å². The van der Waals surface area contributed by atoms with Crippen molar-refractivity contribution in [1.82, 2.24) is 19.7 Å². The molecule has 3 N–H and O–H groups in total. The molecular formula is C27H24N6O2S. The van der Waals surface area contributed by atoms with Crippen molar-refractivity contribution in [3.63, 3.8) is 0 Å². The summed E-state index contributed by atoms with van der Waals surface area (Å²) in [5, 5.41) is 15.8. The minimum absolute atomic E-state index is 0.147. The highest BCUT2D eigenvalue weighted by atomic mass is 32.2. The van der Waals surface area contributed by atoms with Crippen molar-refractivity contribution >= 4 is 45.9 Å². The molecule has 0 unspecified atom stereocenters. The lowest BCUT2D eigenvalue weighted by atomic mass is 10.2. The predicted octanol–water partition coefficient (Wildman–Crippen LogP) is 5.49. The van der Waals surface area contributed by atoms with Gasteiger partial charge in [0.25, 0.3) is 0 Å². The van der Waals surface area contributed by atoms with Gasteiger partial charge in [0.15, 0.2) is 11.0 Å². The van der Waals surface area contributed by atoms with Gasteiger partial charge in [-0.15, -0.1) is 10.2 Å². The molecule has 0 spiro atoms. The van der Waals surface area contributed by atoms with Gasteiger partial charge in [-0.3, -0.25) is 14.2 Å². The van der Waals surface area contributed by atoms with E-state index < -0.39 is 5.25 Å². The van der Waals surface area contributed by atoms with Crippen LogP contribution in [-0.2, 0) is 9.59 Å². The Balaban J connectivity index is 1.40. The molecule has 2 heterocycles. The first-order valence-corrected chi connectivity index (χ1v) is 12.3. The van der Waals surface area contributed by atoms with E-state index in [1.807, 2.05) is 72.2 Å². The maximum absolute atomic E-state index is 13.0. The van der Waals surface area contributed by atoms with Crippen molar-refractivity contribution in [1.29, 1.82) is 0 Å². The van der Waals surface area contributed by atoms with Crippen molar-refractivity contribution < 1.29 is 9.59 Å². The summed E-state index contributed by atoms with van der Waals surface area (Å²) in [6, 6.07) is 26.9. The Morgan fingerprint density at radius 2 is 1.56 bits per heavy atom. The number of thioether (sulfide) groups is 1. The summed E-state index contributed by atoms with van der Waals surface area (Å²) in [4.78, 5) is 27.6. The first kappa shape index (κ1) is 23.4. The van der Waals surface area contributed by atoms with Gasteiger partial charge in [-0.25, -0.2) is 0 Å². The highest BCUT2D eigenvalue weighted by molar-refractivity contribution is 8.00. The SMILES string of the molecule is CC(=O)Nc1ccc(NC(=O)[C@@H](C)Sc2nnc(-c3cc4ccccc4[nH]3)n2-c2ccccc2)cc1. The minimum Gasteiger partial charge on any atom is -0.352 e. The largest absolute Gasteiger partial charge is 0.352 e. The first-order chi connectivity index (χ1) is 17.5. The van der Waals surface area contributed by atoms with E-state index in [1.54, 1.807) is 24.3 Å². The minimum atomic E-state index is -0.442. The summed E-state index contributed by atoms with van der Waals surface area (Å²) >= 11 is 1.33. The Morgan fingerprint density at radius 1 is 0.889 bits per heavy atom. The summed E-state index contributed by atoms with van der Waals surface area (Å²) in [7, 11) is 0. The zero-order valence-corrected chi connectivity index (χ0v) is 20.5. The summed E-state index contributed by atoms with van der Waals surface area (Å²) < 4.78 is 1.96. The third-order valence-electron chi connectivity index (χ3n) is 5.54. The smallest absolute Gasteiger partial charge is 0.237 e. The quantitative estimate of drug-likeness (QED) is 0.258. The van der Waals surface area contributed by atoms with Gasteiger partial charge in [0.05, 0.1) is 10.9 Å². The second-order valence-corrected chi connectivity index (χ2v) is 9.56. The molecule has 1 atom stereocenters. The summed E-state index contributed by atoms with van der Waals surface area (Å²) in [6.07, 6.45) is 0. The number of carbonyl (C=O) groups is 2. The number of rotatable bonds is 7. The summed E-state index contributed by atoms with van der Waals surface area (Å²) in [5.41, 5.74) is 4.07. The van der Waals surface area contributed by atoms with Crippen LogP contribution in [0.4, 0.5) is 11.4 Å². The molecule has 0 bridgehead atoms. The lowest BCUT2D eigenvalue weighted by Gasteiger charge is -2.14. The van der Waals surface area contributed by atoms with Crippen molar-refractivity contribution in [2.45, 2.75) is 24.3 Å². The average Bonchev–Trinajstić information content (AvgIpc) is 3.49. The molecule has 8 nitrogen and oxygen atoms in total. The van der Waals surface area contributed by atoms with E-state index in [9.17, 15) is 9.59 Å². The van der Waals surface area contributed by atoms with Crippen LogP contribution in [0.3, 0.4) is 0 Å². The summed E-state index contributed by atoms with van der Waals surface area (Å²) in [5.74, 6) is 0.356. The van der Waals surface area contributed by atoms with Crippen molar-refractivity contribution in [2.75, 3.05) is 10.6 Å². The number of hydrogen-bond acceptors (Lipinski definition) is 5. The number of nitrogens with one attached hydrogen (secondary N) is 3. The number of aromatic amines is 1. The molecule has 2 amide bonds. The molecule has 0 fully saturated rings. The number of H-pyrrole nitrogens is 1. The van der Waals surface area contributed by atoms with Crippen LogP contribution in [0, 0.1) is 0 Å². The molecule has 0 aliphatic rings. The monoisotopic (exact) mass is 496 g/mol. The van der Waals surface area contributed by atoms with Crippen molar-refractivity contribution in [2.24, 2.45) is 0 Å². The molecule has 0 saturated carbocycles. The Hall–Kier alpha value is -4.37. The molecular weight excluding hydrogens is 472 g/mol. The zero-order chi connectivity index (χ0) is 25.1. The van der Waals surface area contributed by atoms with Crippen LogP contribution < -0.4 is 10.6 Å². The van der Waals surface area contributed by atoms with Gasteiger partial charge in [0.2, 0.25) is 11.8 Å². The van der Waals surface area contributed by atoms with Crippen LogP contribution in [0.15, 0.2) is 90.1 Å². The number of hydrogen-bond donors (Lipinski definition) is 3. The van der Waals surface area contributed by atoms with Gasteiger partial charge in [-0.1, -0.05) is 48.2 Å². The van der Waals surface area contributed by atoms with E-state index in [-0.39, 0.29) is 11.8 Å². The number of para-hydroxylation sites is 2. The lowest BCUT2D eigenvalue weighted by Crippen LogP contribution is -2.23. The molecule has 0 saturated heterocycles. The molecule has 0 aliphatic heterocycles. The maximum atomic E-state index is 13.0. The van der Waals surface area contributed by atoms with E-state index in [2.05, 4.69) is 25.8 Å². The molecule has 9 heteroatoms. The van der Waals surface area contributed by atoms with Crippen molar-refractivity contribution in [3.05, 3.63) is 84.9 Å². The molecule has 3 aromatic carbocycles. The third kappa shape index (κ3) is 5.01. The maximum Gasteiger partial charge on any atom is 0.237 e. The van der Waals surface area contributed by atoms with E-state index in [1.165, 1.54) is 18.7 Å². The van der Waals surface area contributed by atoms with Crippen LogP contribution in [-0.4, -0.2) is 36.8 Å². The number of anilines is 2. The Kier molecular flexibility index (Phi) is 6.55. The summed E-state index contributed by atoms with van der Waals surface area (Å²) in [6.45, 7) is 3.28. The molecule has 2 aromatic heterocycles. The van der Waals surface area contributed by atoms with Gasteiger partial charge in [-0.05, 0) is 55.5 Å². The number of fused-ring (bicyclic) bond motifs is 1. The number of carbonyl (C=O) groups excluding carboxylic acids is 2. The fourth-order valence-electron chi connectivity index (χ4n) is 3.82. The topological polar surface area (TPSA) is 105 Å². The fraction of sp³-hybridized carbons (Fsp3) is 0.111. The van der Waals surface area contributed by atoms with Gasteiger partial charge in [0.1, 0.15) is 0 Å². The standard InChI is InChI=1S/C27H24N6O2S/c1-17(26(35)29-21-14-12-20(13-15-21)28-18(2)34)36-27-32-31-25(33(27)22-9-4-3-5-10-22)24-16-19-8-6-7-11-23(19)30-24/h3-17,30H,1-2H3,(H,28,34)(H,29,35)/t17-/m1/s1. The predicted molar refractivity (Wildman–Crippen MR) is 143 cm³/mol. The molecule has 180 valence electrons. The first-order valence-electron chi connectivity index (χ1n) is 11.4. The molecule has 5 rings (SSSR count). The Morgan fingerprint density at radius 3 is 2.25 bits per heavy atom. The van der Waals surface area contributed by atoms with E-state index in [0.29, 0.717) is 22.4 Å². The molecule has 5 aromatic rings. The van der Waals surface area contributed by atoms with Gasteiger partial charge in [0, 0.05) is 34.9 Å². The Labute approximate surface area is 212 Å². The second-order valence-electron chi connectivity index (χ2n) is 8.26. The molecule has 0 radical (unpaired) electrons. The average molecular weight is 497 g/mol. The van der Waals surface area contributed by atoms with Crippen LogP contribution in [0.25, 0.3) is 28.1 Å². The molecule has 36 heavy (non-hydrogen) atoms. The fourth-order valence-corrected chi connectivity index (χ4v) is 4.69. The zero-order valence-electron chi connectivity index (χ0n) is 19.7. The number of nitrogens with zero attached hydrogens (tertiary/aromatic N) is 3. The number of aromatic nitrogens is 4. The van der Waals surface area contributed by atoms with Gasteiger partial charge in [-0.2, -0.15) is 0 Å². The van der Waals surface area contributed by atoms with E-state index >= 15 is 0 Å². The van der Waals surface area contributed by atoms with Crippen LogP contribution in [0.5, 0.6) is 0 Å². The normalized spacial score (nSPS) is 11.8. The van der Waals surface area contributed by atoms with Gasteiger partial charge < -0.3 is 15.6 Å². The van der Waals surface area contributed by atoms with Crippen LogP contribution in [0.2, 0.25) is 0 Å². The van der Waals surface area contributed by atoms with Crippen LogP contribution >= 0.6 is 11.8 Å². The Bertz CT molecular complexity index is 1490. The van der Waals surface area contributed by atoms with E-state index in [0.717, 1.165) is 22.3 Å². The van der Waals surface area contributed by atoms with Crippen LogP contribution in [0.1, 0.15) is 13.8 Å². The third-order valence-corrected chi connectivity index (χ3v) is 6.59. The second kappa shape index (κ2) is 10.1. The van der Waals surface area contributed by atoms with Crippen molar-refractivity contribution in [3.8, 4) is 17.2 Å². The number of benzene rings is 3. The lowest BCUT2D eigenvalue weighted by molar-refractivity contribution is -0.115. The highest BCUT2D eigenvalue weighted by Crippen LogP contribution is 2.31.